The summed E-state index contributed by atoms with van der Waals surface area (Å²) in [6.45, 7) is 0. The van der Waals surface area contributed by atoms with E-state index >= 15 is 0 Å². The maximum Gasteiger partial charge on any atom is 0.104 e. The molecule has 1 aromatic carbocycles. The minimum absolute atomic E-state index is 0.127. The Morgan fingerprint density at radius 3 is 2.77 bits per heavy atom. The van der Waals surface area contributed by atoms with Gasteiger partial charge in [0, 0.05) is 40.6 Å². The van der Waals surface area contributed by atoms with Crippen molar-refractivity contribution in [2.24, 2.45) is 0 Å². The molecular formula is C15H13Cl2FN4. The molecule has 22 heavy (non-hydrogen) atoms. The van der Waals surface area contributed by atoms with Crippen LogP contribution in [0.25, 0.3) is 22.0 Å². The molecule has 3 N–H and O–H groups in total. The van der Waals surface area contributed by atoms with Crippen LogP contribution in [0.2, 0.25) is 10.0 Å². The summed E-state index contributed by atoms with van der Waals surface area (Å²) in [6, 6.07) is 1.93. The van der Waals surface area contributed by atoms with Crippen LogP contribution in [0.1, 0.15) is 12.8 Å². The van der Waals surface area contributed by atoms with Crippen molar-refractivity contribution < 1.29 is 4.39 Å². The van der Waals surface area contributed by atoms with E-state index in [0.29, 0.717) is 22.9 Å². The van der Waals surface area contributed by atoms with Gasteiger partial charge in [-0.05, 0) is 18.9 Å². The first-order chi connectivity index (χ1) is 10.6. The summed E-state index contributed by atoms with van der Waals surface area (Å²) < 4.78 is 13.1. The minimum Gasteiger partial charge on any atom is -0.381 e. The fourth-order valence-corrected chi connectivity index (χ4v) is 3.29. The lowest BCUT2D eigenvalue weighted by atomic mass is 9.90. The van der Waals surface area contributed by atoms with Gasteiger partial charge >= 0.3 is 0 Å². The molecule has 3 aromatic rings. The number of aromatic nitrogens is 3. The number of nitrogens with one attached hydrogen (secondary N) is 3. The number of H-pyrrole nitrogens is 2. The molecule has 0 saturated heterocycles. The Morgan fingerprint density at radius 2 is 2.09 bits per heavy atom. The third-order valence-corrected chi connectivity index (χ3v) is 4.89. The lowest BCUT2D eigenvalue weighted by molar-refractivity contribution is 0.192. The van der Waals surface area contributed by atoms with E-state index in [2.05, 4.69) is 20.5 Å². The molecule has 1 fully saturated rings. The molecule has 1 aliphatic rings. The normalized spacial score (nSPS) is 21.0. The van der Waals surface area contributed by atoms with E-state index in [1.54, 1.807) is 12.3 Å². The lowest BCUT2D eigenvalue weighted by Crippen LogP contribution is -2.36. The molecule has 7 heteroatoms. The van der Waals surface area contributed by atoms with Gasteiger partial charge in [0.2, 0.25) is 0 Å². The number of benzene rings is 1. The molecule has 0 unspecified atom stereocenters. The van der Waals surface area contributed by atoms with Gasteiger partial charge < -0.3 is 10.3 Å². The maximum absolute atomic E-state index is 13.1. The van der Waals surface area contributed by atoms with Gasteiger partial charge in [0.25, 0.3) is 0 Å². The Morgan fingerprint density at radius 1 is 1.27 bits per heavy atom. The summed E-state index contributed by atoms with van der Waals surface area (Å²) in [7, 11) is 0. The highest BCUT2D eigenvalue weighted by Crippen LogP contribution is 2.42. The van der Waals surface area contributed by atoms with Crippen LogP contribution in [0.3, 0.4) is 0 Å². The van der Waals surface area contributed by atoms with Crippen LogP contribution in [-0.2, 0) is 0 Å². The lowest BCUT2D eigenvalue weighted by Gasteiger charge is -2.31. The van der Waals surface area contributed by atoms with E-state index in [0.717, 1.165) is 27.7 Å². The number of aromatic amines is 2. The smallest absolute Gasteiger partial charge is 0.104 e. The Balaban J connectivity index is 1.86. The quantitative estimate of drug-likeness (QED) is 0.643. The monoisotopic (exact) mass is 338 g/mol. The number of hydrogen-bond acceptors (Lipinski definition) is 2. The molecule has 2 heterocycles. The van der Waals surface area contributed by atoms with Crippen molar-refractivity contribution >= 4 is 39.8 Å². The summed E-state index contributed by atoms with van der Waals surface area (Å²) in [4.78, 5) is 3.17. The average molecular weight is 339 g/mol. The van der Waals surface area contributed by atoms with Crippen LogP contribution in [0.5, 0.6) is 0 Å². The molecule has 0 aliphatic heterocycles. The van der Waals surface area contributed by atoms with E-state index in [1.807, 2.05) is 12.4 Å². The van der Waals surface area contributed by atoms with Crippen LogP contribution < -0.4 is 5.32 Å². The first kappa shape index (κ1) is 13.9. The average Bonchev–Trinajstić information content (AvgIpc) is 3.11. The predicted octanol–water partition coefficient (Wildman–Crippen LogP) is 4.78. The van der Waals surface area contributed by atoms with Crippen molar-refractivity contribution in [3.05, 3.63) is 34.7 Å². The van der Waals surface area contributed by atoms with E-state index in [1.165, 1.54) is 0 Å². The molecule has 2 aromatic heterocycles. The van der Waals surface area contributed by atoms with Crippen molar-refractivity contribution in [3.8, 4) is 11.1 Å². The highest BCUT2D eigenvalue weighted by atomic mass is 35.5. The maximum atomic E-state index is 13.1. The number of alkyl halides is 1. The van der Waals surface area contributed by atoms with Crippen molar-refractivity contribution in [1.29, 1.82) is 0 Å². The Bertz CT molecular complexity index is 822. The molecule has 0 bridgehead atoms. The fourth-order valence-electron chi connectivity index (χ4n) is 2.88. The second-order valence-electron chi connectivity index (χ2n) is 5.57. The van der Waals surface area contributed by atoms with Crippen molar-refractivity contribution in [3.63, 3.8) is 0 Å². The molecule has 0 amide bonds. The number of fused-ring (bicyclic) bond motifs is 1. The molecule has 0 radical (unpaired) electrons. The second kappa shape index (κ2) is 5.18. The summed E-state index contributed by atoms with van der Waals surface area (Å²) in [5.41, 5.74) is 3.55. The fraction of sp³-hybridized carbons (Fsp3) is 0.267. The zero-order chi connectivity index (χ0) is 15.3. The predicted molar refractivity (Wildman–Crippen MR) is 87.4 cm³/mol. The Labute approximate surface area is 136 Å². The Kier molecular flexibility index (Phi) is 3.27. The first-order valence-corrected chi connectivity index (χ1v) is 7.78. The third-order valence-electron chi connectivity index (χ3n) is 4.10. The highest BCUT2D eigenvalue weighted by Gasteiger charge is 2.29. The van der Waals surface area contributed by atoms with Crippen LogP contribution in [0, 0.1) is 0 Å². The molecule has 0 atom stereocenters. The van der Waals surface area contributed by atoms with E-state index < -0.39 is 6.17 Å². The molecule has 1 aliphatic carbocycles. The van der Waals surface area contributed by atoms with E-state index in [-0.39, 0.29) is 6.04 Å². The highest BCUT2D eigenvalue weighted by molar-refractivity contribution is 6.46. The van der Waals surface area contributed by atoms with Gasteiger partial charge in [0.05, 0.1) is 21.8 Å². The number of nitrogens with zero attached hydrogens (tertiary/aromatic N) is 1. The van der Waals surface area contributed by atoms with Crippen molar-refractivity contribution in [1.82, 2.24) is 15.2 Å². The van der Waals surface area contributed by atoms with E-state index in [4.69, 9.17) is 23.2 Å². The van der Waals surface area contributed by atoms with Crippen molar-refractivity contribution in [2.75, 3.05) is 5.32 Å². The largest absolute Gasteiger partial charge is 0.381 e. The SMILES string of the molecule is F[C@H]1C[C@@H](Nc2cc(Cl)c(Cl)c3[nH]cc(-c4cn[nH]c4)c23)C1. The molecular weight excluding hydrogens is 326 g/mol. The van der Waals surface area contributed by atoms with Gasteiger partial charge in [0.1, 0.15) is 6.17 Å². The zero-order valence-electron chi connectivity index (χ0n) is 11.5. The molecule has 114 valence electrons. The molecule has 4 nitrogen and oxygen atoms in total. The van der Waals surface area contributed by atoms with Crippen molar-refractivity contribution in [2.45, 2.75) is 25.1 Å². The standard InChI is InChI=1S/C15H13Cl2FN4/c16-11-3-12(22-9-1-8(18)2-9)13-10(7-4-20-21-5-7)6-19-15(13)14(11)17/h3-6,8-9,19,22H,1-2H2,(H,20,21)/t8-,9+. The number of halogens is 3. The zero-order valence-corrected chi connectivity index (χ0v) is 13.0. The van der Waals surface area contributed by atoms with Gasteiger partial charge in [-0.2, -0.15) is 5.10 Å². The van der Waals surface area contributed by atoms with Gasteiger partial charge in [-0.1, -0.05) is 23.2 Å². The number of hydrogen-bond donors (Lipinski definition) is 3. The van der Waals surface area contributed by atoms with Gasteiger partial charge in [-0.25, -0.2) is 4.39 Å². The topological polar surface area (TPSA) is 56.5 Å². The third kappa shape index (κ3) is 2.16. The van der Waals surface area contributed by atoms with Gasteiger partial charge in [0.15, 0.2) is 0 Å². The number of rotatable bonds is 3. The van der Waals surface area contributed by atoms with Crippen LogP contribution in [-0.4, -0.2) is 27.4 Å². The number of anilines is 1. The second-order valence-corrected chi connectivity index (χ2v) is 6.35. The Hall–Kier alpha value is -1.72. The molecule has 0 spiro atoms. The summed E-state index contributed by atoms with van der Waals surface area (Å²) in [5.74, 6) is 0. The van der Waals surface area contributed by atoms with Crippen LogP contribution >= 0.6 is 23.2 Å². The molecule has 4 rings (SSSR count). The summed E-state index contributed by atoms with van der Waals surface area (Å²) in [5, 5.41) is 12.1. The van der Waals surface area contributed by atoms with Crippen LogP contribution in [0.4, 0.5) is 10.1 Å². The van der Waals surface area contributed by atoms with Gasteiger partial charge in [-0.3, -0.25) is 5.10 Å². The summed E-state index contributed by atoms with van der Waals surface area (Å²) in [6.07, 6.45) is 5.77. The van der Waals surface area contributed by atoms with Crippen LogP contribution in [0.15, 0.2) is 24.7 Å². The van der Waals surface area contributed by atoms with Gasteiger partial charge in [-0.15, -0.1) is 0 Å². The summed E-state index contributed by atoms with van der Waals surface area (Å²) >= 11 is 12.5. The minimum atomic E-state index is -0.713. The van der Waals surface area contributed by atoms with E-state index in [9.17, 15) is 4.39 Å². The molecule has 1 saturated carbocycles. The first-order valence-electron chi connectivity index (χ1n) is 7.02.